The molecule has 0 radical (unpaired) electrons. The van der Waals surface area contributed by atoms with E-state index in [2.05, 4.69) is 31.2 Å². The van der Waals surface area contributed by atoms with Gasteiger partial charge in [-0.2, -0.15) is 5.26 Å². The highest BCUT2D eigenvalue weighted by atomic mass is 19.3. The standard InChI is InChI=1S/C44H43F2N7O4/c1-24-32(5-3-7-34(24)43-51-37-19-29(17-31(20-47)39(37)57-43)22-53-13-11-30(12-14-53)44(55)56)33-6-4-8-35(25(33)2)49-41-38-36(50-42(52-41)40(45)46)18-28(21-48-38)16-26-9-10-27(15-26)23-54/h3-8,17-19,21,26-27,30,40,54H,9-16,22-23H2,1-2H3,(H,55,56)(H,49,50,52)/t26?,27-/m1/s1. The quantitative estimate of drug-likeness (QED) is 0.115. The zero-order valence-corrected chi connectivity index (χ0v) is 31.8. The average Bonchev–Trinajstić information content (AvgIpc) is 3.85. The van der Waals surface area contributed by atoms with E-state index >= 15 is 0 Å². The molecule has 4 heterocycles. The second kappa shape index (κ2) is 16.0. The average molecular weight is 772 g/mol. The zero-order chi connectivity index (χ0) is 39.8. The van der Waals surface area contributed by atoms with Crippen molar-refractivity contribution in [2.45, 2.75) is 65.3 Å². The molecule has 292 valence electrons. The maximum Gasteiger partial charge on any atom is 0.306 e. The number of benzene rings is 3. The monoisotopic (exact) mass is 771 g/mol. The molecule has 1 unspecified atom stereocenters. The summed E-state index contributed by atoms with van der Waals surface area (Å²) in [6, 6.07) is 19.4. The fourth-order valence-electron chi connectivity index (χ4n) is 8.56. The second-order valence-electron chi connectivity index (χ2n) is 15.5. The molecule has 0 spiro atoms. The minimum atomic E-state index is -2.87. The number of anilines is 2. The number of carboxylic acids is 1. The van der Waals surface area contributed by atoms with Gasteiger partial charge in [0.05, 0.1) is 17.0 Å². The molecule has 57 heavy (non-hydrogen) atoms. The number of aliphatic hydroxyl groups excluding tert-OH is 1. The van der Waals surface area contributed by atoms with E-state index in [9.17, 15) is 29.1 Å². The van der Waals surface area contributed by atoms with Gasteiger partial charge in [0, 0.05) is 30.6 Å². The Morgan fingerprint density at radius 2 is 1.67 bits per heavy atom. The fourth-order valence-corrected chi connectivity index (χ4v) is 8.56. The summed E-state index contributed by atoms with van der Waals surface area (Å²) in [7, 11) is 0. The van der Waals surface area contributed by atoms with E-state index in [4.69, 9.17) is 9.40 Å². The van der Waals surface area contributed by atoms with E-state index in [1.165, 1.54) is 0 Å². The van der Waals surface area contributed by atoms with Crippen molar-refractivity contribution in [3.05, 3.63) is 94.4 Å². The minimum absolute atomic E-state index is 0.183. The Bertz CT molecular complexity index is 2530. The molecular weight excluding hydrogens is 729 g/mol. The van der Waals surface area contributed by atoms with Crippen LogP contribution in [0.5, 0.6) is 0 Å². The molecule has 2 aliphatic rings. The largest absolute Gasteiger partial charge is 0.481 e. The topological polar surface area (TPSA) is 161 Å². The number of piperidine rings is 1. The van der Waals surface area contributed by atoms with Gasteiger partial charge in [-0.25, -0.2) is 23.7 Å². The molecule has 1 saturated heterocycles. The van der Waals surface area contributed by atoms with E-state index in [1.807, 2.05) is 68.4 Å². The lowest BCUT2D eigenvalue weighted by atomic mass is 9.93. The van der Waals surface area contributed by atoms with Crippen molar-refractivity contribution in [1.82, 2.24) is 24.8 Å². The van der Waals surface area contributed by atoms with Crippen LogP contribution in [-0.2, 0) is 17.8 Å². The Hall–Kier alpha value is -5.84. The predicted octanol–water partition coefficient (Wildman–Crippen LogP) is 8.92. The number of fused-ring (bicyclic) bond motifs is 2. The molecule has 11 nitrogen and oxygen atoms in total. The molecule has 3 N–H and O–H groups in total. The second-order valence-corrected chi connectivity index (χ2v) is 15.5. The van der Waals surface area contributed by atoms with Gasteiger partial charge in [-0.05, 0) is 141 Å². The van der Waals surface area contributed by atoms with Crippen molar-refractivity contribution in [2.24, 2.45) is 17.8 Å². The number of halogens is 2. The number of aliphatic carboxylic acids is 1. The molecule has 1 saturated carbocycles. The van der Waals surface area contributed by atoms with E-state index in [1.54, 1.807) is 6.20 Å². The number of likely N-dealkylation sites (tertiary alicyclic amines) is 1. The number of hydrogen-bond donors (Lipinski definition) is 3. The molecule has 6 aromatic rings. The van der Waals surface area contributed by atoms with Crippen molar-refractivity contribution in [3.63, 3.8) is 0 Å². The van der Waals surface area contributed by atoms with Crippen molar-refractivity contribution in [3.8, 4) is 28.7 Å². The highest BCUT2D eigenvalue weighted by molar-refractivity contribution is 5.90. The van der Waals surface area contributed by atoms with Gasteiger partial charge in [-0.3, -0.25) is 14.7 Å². The Morgan fingerprint density at radius 3 is 2.39 bits per heavy atom. The molecule has 1 aliphatic heterocycles. The summed E-state index contributed by atoms with van der Waals surface area (Å²) in [5.74, 6) is -0.367. The highest BCUT2D eigenvalue weighted by Gasteiger charge is 2.27. The number of pyridine rings is 1. The van der Waals surface area contributed by atoms with Gasteiger partial charge < -0.3 is 19.9 Å². The van der Waals surface area contributed by atoms with Gasteiger partial charge in [-0.1, -0.05) is 24.3 Å². The lowest BCUT2D eigenvalue weighted by Gasteiger charge is -2.30. The summed E-state index contributed by atoms with van der Waals surface area (Å²) in [5, 5.41) is 32.3. The third-order valence-corrected chi connectivity index (χ3v) is 11.7. The van der Waals surface area contributed by atoms with Crippen molar-refractivity contribution >= 4 is 39.6 Å². The lowest BCUT2D eigenvalue weighted by molar-refractivity contribution is -0.143. The summed E-state index contributed by atoms with van der Waals surface area (Å²) in [6.45, 7) is 6.04. The summed E-state index contributed by atoms with van der Waals surface area (Å²) in [4.78, 5) is 31.5. The third-order valence-electron chi connectivity index (χ3n) is 11.7. The molecule has 2 atom stereocenters. The van der Waals surface area contributed by atoms with E-state index in [-0.39, 0.29) is 18.3 Å². The van der Waals surface area contributed by atoms with Crippen LogP contribution in [0.1, 0.15) is 72.2 Å². The van der Waals surface area contributed by atoms with Crippen molar-refractivity contribution in [2.75, 3.05) is 25.0 Å². The molecule has 2 fully saturated rings. The van der Waals surface area contributed by atoms with Crippen molar-refractivity contribution in [1.29, 1.82) is 5.26 Å². The molecule has 8 rings (SSSR count). The van der Waals surface area contributed by atoms with Gasteiger partial charge in [0.15, 0.2) is 17.2 Å². The summed E-state index contributed by atoms with van der Waals surface area (Å²) in [6.07, 6.45) is 3.75. The first kappa shape index (κ1) is 38.1. The lowest BCUT2D eigenvalue weighted by Crippen LogP contribution is -2.35. The zero-order valence-electron chi connectivity index (χ0n) is 31.8. The summed E-state index contributed by atoms with van der Waals surface area (Å²) >= 11 is 0. The maximum atomic E-state index is 14.1. The Morgan fingerprint density at radius 1 is 0.947 bits per heavy atom. The first-order valence-electron chi connectivity index (χ1n) is 19.4. The van der Waals surface area contributed by atoms with E-state index in [0.29, 0.717) is 83.6 Å². The van der Waals surface area contributed by atoms with Gasteiger partial charge in [0.25, 0.3) is 6.43 Å². The Labute approximate surface area is 328 Å². The number of carbonyl (C=O) groups is 1. The number of aromatic nitrogens is 4. The third kappa shape index (κ3) is 7.80. The molecule has 13 heteroatoms. The van der Waals surface area contributed by atoms with Crippen LogP contribution >= 0.6 is 0 Å². The summed E-state index contributed by atoms with van der Waals surface area (Å²) in [5.41, 5.74) is 8.94. The van der Waals surface area contributed by atoms with Crippen LogP contribution in [0, 0.1) is 42.9 Å². The van der Waals surface area contributed by atoms with Crippen LogP contribution < -0.4 is 5.32 Å². The number of rotatable bonds is 11. The van der Waals surface area contributed by atoms with E-state index < -0.39 is 18.2 Å². The number of oxazole rings is 1. The predicted molar refractivity (Wildman–Crippen MR) is 212 cm³/mol. The molecule has 1 aliphatic carbocycles. The number of hydrogen-bond acceptors (Lipinski definition) is 10. The van der Waals surface area contributed by atoms with Crippen LogP contribution in [0.25, 0.3) is 44.7 Å². The number of aliphatic hydroxyl groups is 1. The van der Waals surface area contributed by atoms with Crippen LogP contribution in [0.15, 0.2) is 65.2 Å². The van der Waals surface area contributed by atoms with Gasteiger partial charge >= 0.3 is 5.97 Å². The molecule has 0 bridgehead atoms. The van der Waals surface area contributed by atoms with Crippen molar-refractivity contribution < 1.29 is 28.2 Å². The Balaban J connectivity index is 1.08. The van der Waals surface area contributed by atoms with Gasteiger partial charge in [0.2, 0.25) is 5.89 Å². The number of nitrogens with zero attached hydrogens (tertiary/aromatic N) is 6. The first-order valence-corrected chi connectivity index (χ1v) is 19.4. The maximum absolute atomic E-state index is 14.1. The van der Waals surface area contributed by atoms with E-state index in [0.717, 1.165) is 64.6 Å². The first-order chi connectivity index (χ1) is 27.6. The molecule has 3 aromatic heterocycles. The number of nitriles is 1. The smallest absolute Gasteiger partial charge is 0.306 e. The highest BCUT2D eigenvalue weighted by Crippen LogP contribution is 2.39. The number of alkyl halides is 2. The van der Waals surface area contributed by atoms with Crippen LogP contribution in [0.3, 0.4) is 0 Å². The normalized spacial score (nSPS) is 17.8. The van der Waals surface area contributed by atoms with Gasteiger partial charge in [-0.15, -0.1) is 0 Å². The summed E-state index contributed by atoms with van der Waals surface area (Å²) < 4.78 is 34.5. The Kier molecular flexibility index (Phi) is 10.7. The fraction of sp³-hybridized carbons (Fsp3) is 0.364. The SMILES string of the molecule is Cc1c(Nc2nc(C(F)F)nc3cc(CC4CC[C@@H](CO)C4)cnc23)cccc1-c1cccc(-c2nc3cc(CN4CCC(C(=O)O)CC4)cc(C#N)c3o2)c1C. The number of nitrogens with one attached hydrogen (secondary N) is 1. The van der Waals surface area contributed by atoms with Crippen LogP contribution in [0.4, 0.5) is 20.3 Å². The molecular formula is C44H43F2N7O4. The van der Waals surface area contributed by atoms with Crippen LogP contribution in [-0.4, -0.2) is 60.7 Å². The van der Waals surface area contributed by atoms with Gasteiger partial charge in [0.1, 0.15) is 17.1 Å². The minimum Gasteiger partial charge on any atom is -0.481 e. The van der Waals surface area contributed by atoms with Crippen LogP contribution in [0.2, 0.25) is 0 Å². The molecule has 0 amide bonds. The molecule has 3 aromatic carbocycles. The number of carboxylic acid groups (broad SMARTS) is 1.